The van der Waals surface area contributed by atoms with Crippen LogP contribution in [0.5, 0.6) is 5.75 Å². The highest BCUT2D eigenvalue weighted by Gasteiger charge is 2.28. The number of benzene rings is 1. The Labute approximate surface area is 122 Å². The predicted molar refractivity (Wildman–Crippen MR) is 80.5 cm³/mol. The smallest absolute Gasteiger partial charge is 0.254 e. The molecule has 0 radical (unpaired) electrons. The van der Waals surface area contributed by atoms with Crippen molar-refractivity contribution in [1.82, 2.24) is 4.90 Å². The second-order valence-electron chi connectivity index (χ2n) is 4.96. The zero-order valence-corrected chi connectivity index (χ0v) is 12.4. The van der Waals surface area contributed by atoms with Crippen LogP contribution in [0.4, 0.5) is 0 Å². The average molecular weight is 287 g/mol. The van der Waals surface area contributed by atoms with Crippen LogP contribution in [0.2, 0.25) is 0 Å². The third-order valence-corrected chi connectivity index (χ3v) is 4.85. The van der Waals surface area contributed by atoms with Gasteiger partial charge in [0.05, 0.1) is 13.2 Å². The van der Waals surface area contributed by atoms with E-state index in [4.69, 9.17) is 4.74 Å². The molecule has 4 heteroatoms. The number of thiophene rings is 1. The Kier molecular flexibility index (Phi) is 3.49. The molecule has 0 saturated carbocycles. The van der Waals surface area contributed by atoms with Crippen molar-refractivity contribution in [3.63, 3.8) is 0 Å². The number of hydrogen-bond donors (Lipinski definition) is 0. The molecule has 0 unspecified atom stereocenters. The van der Waals surface area contributed by atoms with E-state index in [1.807, 2.05) is 23.1 Å². The molecule has 1 atom stereocenters. The molecular weight excluding hydrogens is 270 g/mol. The number of carbonyl (C=O) groups is 1. The fourth-order valence-corrected chi connectivity index (χ4v) is 3.67. The summed E-state index contributed by atoms with van der Waals surface area (Å²) in [7, 11) is 1.62. The molecule has 3 rings (SSSR count). The van der Waals surface area contributed by atoms with Gasteiger partial charge < -0.3 is 9.64 Å². The van der Waals surface area contributed by atoms with Gasteiger partial charge in [0.1, 0.15) is 5.75 Å². The van der Waals surface area contributed by atoms with Crippen LogP contribution in [0.3, 0.4) is 0 Å². The second kappa shape index (κ2) is 5.29. The average Bonchev–Trinajstić information content (AvgIpc) is 2.96. The molecule has 1 aliphatic rings. The topological polar surface area (TPSA) is 29.5 Å². The van der Waals surface area contributed by atoms with Crippen LogP contribution in [0, 0.1) is 0 Å². The van der Waals surface area contributed by atoms with Gasteiger partial charge in [0, 0.05) is 17.0 Å². The standard InChI is InChI=1S/C16H17NO2S/c1-11-14-7-9-20-15(14)6-8-17(11)16(18)12-4-3-5-13(10-12)19-2/h3-5,7,9-11H,6,8H2,1-2H3/t11-/m1/s1. The van der Waals surface area contributed by atoms with E-state index in [-0.39, 0.29) is 11.9 Å². The highest BCUT2D eigenvalue weighted by Crippen LogP contribution is 2.33. The molecule has 0 fully saturated rings. The minimum Gasteiger partial charge on any atom is -0.497 e. The first-order valence-electron chi connectivity index (χ1n) is 6.72. The summed E-state index contributed by atoms with van der Waals surface area (Å²) in [5, 5.41) is 2.11. The molecule has 20 heavy (non-hydrogen) atoms. The first-order chi connectivity index (χ1) is 9.70. The minimum absolute atomic E-state index is 0.0771. The molecule has 3 nitrogen and oxygen atoms in total. The summed E-state index contributed by atoms with van der Waals surface area (Å²) in [4.78, 5) is 16.0. The maximum absolute atomic E-state index is 12.7. The highest BCUT2D eigenvalue weighted by molar-refractivity contribution is 7.10. The van der Waals surface area contributed by atoms with Gasteiger partial charge in [0.25, 0.3) is 5.91 Å². The summed E-state index contributed by atoms with van der Waals surface area (Å²) in [6.07, 6.45) is 0.951. The van der Waals surface area contributed by atoms with Crippen LogP contribution < -0.4 is 4.74 Å². The number of carbonyl (C=O) groups excluding carboxylic acids is 1. The number of nitrogens with zero attached hydrogens (tertiary/aromatic N) is 1. The van der Waals surface area contributed by atoms with E-state index in [1.165, 1.54) is 10.4 Å². The number of hydrogen-bond acceptors (Lipinski definition) is 3. The number of methoxy groups -OCH3 is 1. The van der Waals surface area contributed by atoms with Gasteiger partial charge in [-0.2, -0.15) is 0 Å². The third-order valence-electron chi connectivity index (χ3n) is 3.85. The van der Waals surface area contributed by atoms with Gasteiger partial charge in [0.15, 0.2) is 0 Å². The summed E-state index contributed by atoms with van der Waals surface area (Å²) in [6, 6.07) is 9.64. The first-order valence-corrected chi connectivity index (χ1v) is 7.60. The Morgan fingerprint density at radius 1 is 1.40 bits per heavy atom. The van der Waals surface area contributed by atoms with Gasteiger partial charge in [-0.3, -0.25) is 4.79 Å². The van der Waals surface area contributed by atoms with Gasteiger partial charge in [-0.15, -0.1) is 11.3 Å². The summed E-state index contributed by atoms with van der Waals surface area (Å²) >= 11 is 1.79. The predicted octanol–water partition coefficient (Wildman–Crippen LogP) is 3.52. The normalized spacial score (nSPS) is 17.7. The molecule has 2 aromatic rings. The van der Waals surface area contributed by atoms with Gasteiger partial charge in [0.2, 0.25) is 0 Å². The zero-order valence-electron chi connectivity index (χ0n) is 11.6. The van der Waals surface area contributed by atoms with Crippen molar-refractivity contribution in [3.05, 3.63) is 51.7 Å². The number of ether oxygens (including phenoxy) is 1. The van der Waals surface area contributed by atoms with Gasteiger partial charge in [-0.25, -0.2) is 0 Å². The van der Waals surface area contributed by atoms with E-state index >= 15 is 0 Å². The molecule has 0 aliphatic carbocycles. The fraction of sp³-hybridized carbons (Fsp3) is 0.312. The maximum Gasteiger partial charge on any atom is 0.254 e. The molecular formula is C16H17NO2S. The lowest BCUT2D eigenvalue weighted by molar-refractivity contribution is 0.0679. The number of rotatable bonds is 2. The van der Waals surface area contributed by atoms with Gasteiger partial charge >= 0.3 is 0 Å². The van der Waals surface area contributed by atoms with Crippen LogP contribution in [0.15, 0.2) is 35.7 Å². The molecule has 0 N–H and O–H groups in total. The molecule has 2 heterocycles. The zero-order chi connectivity index (χ0) is 14.1. The summed E-state index contributed by atoms with van der Waals surface area (Å²) in [5.74, 6) is 0.796. The van der Waals surface area contributed by atoms with Crippen molar-refractivity contribution in [2.75, 3.05) is 13.7 Å². The Balaban J connectivity index is 1.88. The van der Waals surface area contributed by atoms with Crippen LogP contribution in [-0.4, -0.2) is 24.5 Å². The summed E-state index contributed by atoms with van der Waals surface area (Å²) in [5.41, 5.74) is 1.98. The third kappa shape index (κ3) is 2.20. The Morgan fingerprint density at radius 2 is 2.25 bits per heavy atom. The van der Waals surface area contributed by atoms with Crippen molar-refractivity contribution in [3.8, 4) is 5.75 Å². The Morgan fingerprint density at radius 3 is 3.05 bits per heavy atom. The van der Waals surface area contributed by atoms with E-state index in [0.29, 0.717) is 5.56 Å². The maximum atomic E-state index is 12.7. The Hall–Kier alpha value is -1.81. The molecule has 0 saturated heterocycles. The lowest BCUT2D eigenvalue weighted by Gasteiger charge is -2.33. The molecule has 1 aromatic heterocycles. The van der Waals surface area contributed by atoms with E-state index in [9.17, 15) is 4.79 Å². The van der Waals surface area contributed by atoms with Crippen LogP contribution in [-0.2, 0) is 6.42 Å². The molecule has 104 valence electrons. The van der Waals surface area contributed by atoms with E-state index < -0.39 is 0 Å². The Bertz CT molecular complexity index is 635. The van der Waals surface area contributed by atoms with E-state index in [2.05, 4.69) is 18.4 Å². The molecule has 0 bridgehead atoms. The van der Waals surface area contributed by atoms with Gasteiger partial charge in [-0.1, -0.05) is 6.07 Å². The summed E-state index contributed by atoms with van der Waals surface area (Å²) in [6.45, 7) is 2.88. The van der Waals surface area contributed by atoms with Crippen molar-refractivity contribution < 1.29 is 9.53 Å². The minimum atomic E-state index is 0.0771. The van der Waals surface area contributed by atoms with Crippen molar-refractivity contribution in [1.29, 1.82) is 0 Å². The molecule has 1 aromatic carbocycles. The fourth-order valence-electron chi connectivity index (χ4n) is 2.71. The van der Waals surface area contributed by atoms with Crippen LogP contribution in [0.25, 0.3) is 0 Å². The van der Waals surface area contributed by atoms with E-state index in [0.717, 1.165) is 18.7 Å². The largest absolute Gasteiger partial charge is 0.497 e. The number of amides is 1. The van der Waals surface area contributed by atoms with Crippen molar-refractivity contribution in [2.24, 2.45) is 0 Å². The highest BCUT2D eigenvalue weighted by atomic mass is 32.1. The number of fused-ring (bicyclic) bond motifs is 1. The lowest BCUT2D eigenvalue weighted by Crippen LogP contribution is -2.38. The monoisotopic (exact) mass is 287 g/mol. The van der Waals surface area contributed by atoms with Gasteiger partial charge in [-0.05, 0) is 48.6 Å². The SMILES string of the molecule is COc1cccc(C(=O)N2CCc3sccc3[C@H]2C)c1. The van der Waals surface area contributed by atoms with Crippen molar-refractivity contribution >= 4 is 17.2 Å². The van der Waals surface area contributed by atoms with Crippen LogP contribution >= 0.6 is 11.3 Å². The molecule has 1 aliphatic heterocycles. The molecule has 1 amide bonds. The summed E-state index contributed by atoms with van der Waals surface area (Å²) < 4.78 is 5.19. The van der Waals surface area contributed by atoms with Crippen molar-refractivity contribution in [2.45, 2.75) is 19.4 Å². The second-order valence-corrected chi connectivity index (χ2v) is 5.96. The first kappa shape index (κ1) is 13.2. The van der Waals surface area contributed by atoms with Crippen LogP contribution in [0.1, 0.15) is 33.8 Å². The van der Waals surface area contributed by atoms with E-state index in [1.54, 1.807) is 24.5 Å². The lowest BCUT2D eigenvalue weighted by atomic mass is 10.0. The molecule has 0 spiro atoms. The quantitative estimate of drug-likeness (QED) is 0.846.